The predicted octanol–water partition coefficient (Wildman–Crippen LogP) is 4.29. The SMILES string of the molecule is CCCC(=O)OC(C(Cl)(Cl)Cl)P(=O)(OCC)OCC. The van der Waals surface area contributed by atoms with E-state index in [0.29, 0.717) is 6.42 Å². The van der Waals surface area contributed by atoms with Crippen LogP contribution in [0, 0.1) is 0 Å². The molecule has 0 spiro atoms. The number of carbonyl (C=O) groups is 1. The molecular formula is C10H18Cl3O5P. The van der Waals surface area contributed by atoms with Crippen molar-refractivity contribution in [3.05, 3.63) is 0 Å². The maximum atomic E-state index is 12.5. The summed E-state index contributed by atoms with van der Waals surface area (Å²) >= 11 is 17.2. The van der Waals surface area contributed by atoms with Crippen molar-refractivity contribution in [3.8, 4) is 0 Å². The van der Waals surface area contributed by atoms with E-state index in [4.69, 9.17) is 48.6 Å². The van der Waals surface area contributed by atoms with Gasteiger partial charge >= 0.3 is 13.6 Å². The average molecular weight is 356 g/mol. The molecule has 5 nitrogen and oxygen atoms in total. The van der Waals surface area contributed by atoms with E-state index < -0.39 is 23.2 Å². The number of alkyl halides is 3. The van der Waals surface area contributed by atoms with E-state index in [1.165, 1.54) is 0 Å². The molecular weight excluding hydrogens is 337 g/mol. The van der Waals surface area contributed by atoms with Gasteiger partial charge < -0.3 is 13.8 Å². The molecule has 0 radical (unpaired) electrons. The molecule has 0 aliphatic carbocycles. The zero-order valence-electron chi connectivity index (χ0n) is 11.0. The van der Waals surface area contributed by atoms with Gasteiger partial charge in [-0.15, -0.1) is 0 Å². The molecule has 19 heavy (non-hydrogen) atoms. The number of carbonyl (C=O) groups excluding carboxylic acids is 1. The average Bonchev–Trinajstić information content (AvgIpc) is 2.25. The fourth-order valence-electron chi connectivity index (χ4n) is 1.23. The highest BCUT2D eigenvalue weighted by Crippen LogP contribution is 2.60. The molecule has 0 aliphatic heterocycles. The molecule has 0 heterocycles. The van der Waals surface area contributed by atoms with Crippen molar-refractivity contribution in [1.29, 1.82) is 0 Å². The van der Waals surface area contributed by atoms with Gasteiger partial charge in [-0.3, -0.25) is 9.36 Å². The smallest absolute Gasteiger partial charge is 0.375 e. The fourth-order valence-corrected chi connectivity index (χ4v) is 4.11. The highest BCUT2D eigenvalue weighted by Gasteiger charge is 2.51. The predicted molar refractivity (Wildman–Crippen MR) is 75.9 cm³/mol. The summed E-state index contributed by atoms with van der Waals surface area (Å²) in [6, 6.07) is 0. The third-order valence-electron chi connectivity index (χ3n) is 1.88. The Morgan fingerprint density at radius 1 is 1.16 bits per heavy atom. The van der Waals surface area contributed by atoms with Crippen molar-refractivity contribution in [2.75, 3.05) is 13.2 Å². The van der Waals surface area contributed by atoms with Crippen molar-refractivity contribution in [3.63, 3.8) is 0 Å². The lowest BCUT2D eigenvalue weighted by molar-refractivity contribution is -0.146. The van der Waals surface area contributed by atoms with Crippen molar-refractivity contribution in [2.45, 2.75) is 43.3 Å². The van der Waals surface area contributed by atoms with Gasteiger partial charge in [0, 0.05) is 6.42 Å². The van der Waals surface area contributed by atoms with E-state index >= 15 is 0 Å². The summed E-state index contributed by atoms with van der Waals surface area (Å²) in [5.74, 6) is -2.22. The van der Waals surface area contributed by atoms with Gasteiger partial charge in [-0.25, -0.2) is 0 Å². The van der Waals surface area contributed by atoms with Gasteiger partial charge in [-0.2, -0.15) is 0 Å². The Balaban J connectivity index is 5.20. The first kappa shape index (κ1) is 19.5. The van der Waals surface area contributed by atoms with Crippen LogP contribution in [0.5, 0.6) is 0 Å². The second kappa shape index (κ2) is 8.71. The molecule has 9 heteroatoms. The van der Waals surface area contributed by atoms with Gasteiger partial charge in [0.1, 0.15) is 0 Å². The van der Waals surface area contributed by atoms with E-state index in [0.717, 1.165) is 0 Å². The topological polar surface area (TPSA) is 61.8 Å². The van der Waals surface area contributed by atoms with Crippen LogP contribution in [0.2, 0.25) is 0 Å². The number of hydrogen-bond acceptors (Lipinski definition) is 5. The van der Waals surface area contributed by atoms with E-state index in [-0.39, 0.29) is 19.6 Å². The van der Waals surface area contributed by atoms with Crippen molar-refractivity contribution in [2.24, 2.45) is 0 Å². The van der Waals surface area contributed by atoms with Gasteiger partial charge in [0.25, 0.3) is 0 Å². The summed E-state index contributed by atoms with van der Waals surface area (Å²) in [4.78, 5) is 11.5. The molecule has 0 aliphatic rings. The molecule has 1 atom stereocenters. The van der Waals surface area contributed by atoms with Crippen LogP contribution in [0.4, 0.5) is 0 Å². The number of esters is 1. The summed E-state index contributed by atoms with van der Waals surface area (Å²) in [7, 11) is -3.87. The van der Waals surface area contributed by atoms with Gasteiger partial charge in [-0.1, -0.05) is 41.7 Å². The Morgan fingerprint density at radius 3 is 1.95 bits per heavy atom. The van der Waals surface area contributed by atoms with Crippen LogP contribution in [0.1, 0.15) is 33.6 Å². The van der Waals surface area contributed by atoms with E-state index in [2.05, 4.69) is 0 Å². The number of rotatable bonds is 8. The van der Waals surface area contributed by atoms with Crippen LogP contribution in [0.3, 0.4) is 0 Å². The van der Waals surface area contributed by atoms with Crippen molar-refractivity contribution >= 4 is 48.4 Å². The molecule has 0 saturated carbocycles. The van der Waals surface area contributed by atoms with E-state index in [9.17, 15) is 9.36 Å². The molecule has 1 unspecified atom stereocenters. The summed E-state index contributed by atoms with van der Waals surface area (Å²) < 4.78 is 25.5. The third-order valence-corrected chi connectivity index (χ3v) is 5.24. The monoisotopic (exact) mass is 354 g/mol. The lowest BCUT2D eigenvalue weighted by atomic mass is 10.3. The minimum absolute atomic E-state index is 0.0693. The quantitative estimate of drug-likeness (QED) is 0.369. The Kier molecular flexibility index (Phi) is 8.93. The lowest BCUT2D eigenvalue weighted by Crippen LogP contribution is -2.32. The molecule has 0 saturated heterocycles. The summed E-state index contributed by atoms with van der Waals surface area (Å²) in [6.45, 7) is 5.14. The zero-order valence-corrected chi connectivity index (χ0v) is 14.2. The Morgan fingerprint density at radius 2 is 1.63 bits per heavy atom. The minimum Gasteiger partial charge on any atom is -0.445 e. The van der Waals surface area contributed by atoms with Crippen molar-refractivity contribution in [1.82, 2.24) is 0 Å². The highest BCUT2D eigenvalue weighted by molar-refractivity contribution is 7.55. The van der Waals surface area contributed by atoms with Gasteiger partial charge in [0.15, 0.2) is 0 Å². The highest BCUT2D eigenvalue weighted by atomic mass is 35.6. The van der Waals surface area contributed by atoms with Crippen LogP contribution in [0.25, 0.3) is 0 Å². The first-order chi connectivity index (χ1) is 8.71. The largest absolute Gasteiger partial charge is 0.445 e. The standard InChI is InChI=1S/C10H18Cl3O5P/c1-4-7-8(14)18-9(10(11,12)13)19(15,16-5-2)17-6-3/h9H,4-7H2,1-3H3. The van der Waals surface area contributed by atoms with Crippen LogP contribution in [-0.4, -0.2) is 28.8 Å². The Hall–Kier alpha value is 0.490. The Labute approximate surface area is 128 Å². The molecule has 0 N–H and O–H groups in total. The zero-order chi connectivity index (χ0) is 15.1. The molecule has 0 fully saturated rings. The molecule has 114 valence electrons. The number of halogens is 3. The second-order valence-corrected chi connectivity index (χ2v) is 7.94. The molecule has 0 bridgehead atoms. The first-order valence-corrected chi connectivity index (χ1v) is 8.60. The first-order valence-electron chi connectivity index (χ1n) is 5.86. The fraction of sp³-hybridized carbons (Fsp3) is 0.900. The Bertz CT molecular complexity index is 322. The maximum Gasteiger partial charge on any atom is 0.375 e. The minimum atomic E-state index is -3.87. The van der Waals surface area contributed by atoms with Gasteiger partial charge in [0.2, 0.25) is 9.64 Å². The van der Waals surface area contributed by atoms with Crippen molar-refractivity contribution < 1.29 is 23.1 Å². The number of hydrogen-bond donors (Lipinski definition) is 0. The summed E-state index contributed by atoms with van der Waals surface area (Å²) in [5.41, 5.74) is 0. The molecule has 0 aromatic rings. The van der Waals surface area contributed by atoms with Crippen LogP contribution >= 0.6 is 42.4 Å². The van der Waals surface area contributed by atoms with Gasteiger partial charge in [0.05, 0.1) is 13.2 Å². The van der Waals surface area contributed by atoms with E-state index in [1.54, 1.807) is 20.8 Å². The lowest BCUT2D eigenvalue weighted by Gasteiger charge is -2.30. The van der Waals surface area contributed by atoms with Crippen LogP contribution < -0.4 is 0 Å². The third kappa shape index (κ3) is 6.65. The second-order valence-electron chi connectivity index (χ2n) is 3.51. The molecule has 0 rings (SSSR count). The molecule has 0 aromatic heterocycles. The van der Waals surface area contributed by atoms with Gasteiger partial charge in [-0.05, 0) is 20.3 Å². The van der Waals surface area contributed by atoms with Crippen LogP contribution in [-0.2, 0) is 23.1 Å². The van der Waals surface area contributed by atoms with E-state index in [1.807, 2.05) is 0 Å². The van der Waals surface area contributed by atoms with Crippen LogP contribution in [0.15, 0.2) is 0 Å². The molecule has 0 amide bonds. The number of ether oxygens (including phenoxy) is 1. The maximum absolute atomic E-state index is 12.5. The normalized spacial score (nSPS) is 14.2. The molecule has 0 aromatic carbocycles. The summed E-state index contributed by atoms with van der Waals surface area (Å²) in [6.07, 6.45) is 0.675. The summed E-state index contributed by atoms with van der Waals surface area (Å²) in [5, 5.41) is 0.